The van der Waals surface area contributed by atoms with Crippen LogP contribution in [0.25, 0.3) is 0 Å². The van der Waals surface area contributed by atoms with Crippen molar-refractivity contribution in [3.05, 3.63) is 29.8 Å². The van der Waals surface area contributed by atoms with Crippen LogP contribution in [0.4, 0.5) is 0 Å². The van der Waals surface area contributed by atoms with E-state index in [4.69, 9.17) is 5.14 Å². The molecule has 4 nitrogen and oxygen atoms in total. The van der Waals surface area contributed by atoms with Crippen LogP contribution in [-0.4, -0.2) is 14.5 Å². The Balaban J connectivity index is 2.55. The lowest BCUT2D eigenvalue weighted by atomic mass is 10.1. The average Bonchev–Trinajstić information content (AvgIpc) is 2.25. The number of primary sulfonamides is 1. The van der Waals surface area contributed by atoms with Gasteiger partial charge in [-0.25, -0.2) is 13.6 Å². The van der Waals surface area contributed by atoms with Gasteiger partial charge in [0.05, 0.1) is 4.90 Å². The molecule has 1 unspecified atom stereocenters. The molecule has 0 aromatic heterocycles. The predicted octanol–water partition coefficient (Wildman–Crippen LogP) is 1.86. The number of hydrogen-bond donors (Lipinski definition) is 2. The molecule has 0 fully saturated rings. The van der Waals surface area contributed by atoms with E-state index in [2.05, 4.69) is 26.1 Å². The number of nitrogens with one attached hydrogen (secondary N) is 1. The number of nitrogens with two attached hydrogens (primary N) is 1. The van der Waals surface area contributed by atoms with E-state index in [9.17, 15) is 8.42 Å². The summed E-state index contributed by atoms with van der Waals surface area (Å²) in [5.41, 5.74) is 1.05. The lowest BCUT2D eigenvalue weighted by Crippen LogP contribution is -2.26. The number of benzene rings is 1. The van der Waals surface area contributed by atoms with Crippen molar-refractivity contribution in [2.75, 3.05) is 0 Å². The fourth-order valence-electron chi connectivity index (χ4n) is 1.88. The summed E-state index contributed by atoms with van der Waals surface area (Å²) in [5, 5.41) is 8.45. The van der Waals surface area contributed by atoms with Gasteiger partial charge >= 0.3 is 0 Å². The quantitative estimate of drug-likeness (QED) is 0.828. The second kappa shape index (κ2) is 6.31. The smallest absolute Gasteiger partial charge is 0.238 e. The van der Waals surface area contributed by atoms with E-state index in [0.29, 0.717) is 12.0 Å². The maximum absolute atomic E-state index is 11.1. The molecule has 1 atom stereocenters. The zero-order chi connectivity index (χ0) is 13.8. The summed E-state index contributed by atoms with van der Waals surface area (Å²) < 4.78 is 22.2. The van der Waals surface area contributed by atoms with Crippen molar-refractivity contribution >= 4 is 10.0 Å². The third-order valence-corrected chi connectivity index (χ3v) is 3.66. The van der Waals surface area contributed by atoms with Crippen molar-refractivity contribution in [3.8, 4) is 0 Å². The van der Waals surface area contributed by atoms with Crippen LogP contribution in [0.3, 0.4) is 0 Å². The van der Waals surface area contributed by atoms with Gasteiger partial charge in [-0.2, -0.15) is 0 Å². The largest absolute Gasteiger partial charge is 0.310 e. The molecule has 0 heterocycles. The first-order valence-corrected chi connectivity index (χ1v) is 7.69. The van der Waals surface area contributed by atoms with Crippen LogP contribution in [0.2, 0.25) is 0 Å². The SMILES string of the molecule is CC(C)CC(C)NCc1ccc(S(N)(=O)=O)cc1. The molecule has 5 heteroatoms. The zero-order valence-electron chi connectivity index (χ0n) is 11.2. The number of hydrogen-bond acceptors (Lipinski definition) is 3. The van der Waals surface area contributed by atoms with Gasteiger partial charge in [-0.1, -0.05) is 26.0 Å². The number of rotatable bonds is 6. The van der Waals surface area contributed by atoms with Crippen molar-refractivity contribution < 1.29 is 8.42 Å². The minimum Gasteiger partial charge on any atom is -0.310 e. The summed E-state index contributed by atoms with van der Waals surface area (Å²) >= 11 is 0. The van der Waals surface area contributed by atoms with Crippen LogP contribution in [0.5, 0.6) is 0 Å². The summed E-state index contributed by atoms with van der Waals surface area (Å²) in [7, 11) is -3.59. The van der Waals surface area contributed by atoms with E-state index in [1.807, 2.05) is 0 Å². The Morgan fingerprint density at radius 2 is 1.72 bits per heavy atom. The van der Waals surface area contributed by atoms with Crippen LogP contribution in [0.1, 0.15) is 32.8 Å². The van der Waals surface area contributed by atoms with E-state index in [0.717, 1.165) is 18.5 Å². The molecule has 102 valence electrons. The molecule has 1 rings (SSSR count). The van der Waals surface area contributed by atoms with Gasteiger partial charge in [-0.05, 0) is 37.0 Å². The van der Waals surface area contributed by atoms with Crippen molar-refractivity contribution in [2.24, 2.45) is 11.1 Å². The molecule has 18 heavy (non-hydrogen) atoms. The average molecular weight is 270 g/mol. The molecule has 0 aliphatic carbocycles. The summed E-state index contributed by atoms with van der Waals surface area (Å²) in [6.07, 6.45) is 1.12. The van der Waals surface area contributed by atoms with E-state index >= 15 is 0 Å². The molecule has 0 radical (unpaired) electrons. The van der Waals surface area contributed by atoms with E-state index in [1.54, 1.807) is 24.3 Å². The van der Waals surface area contributed by atoms with Crippen LogP contribution in [0, 0.1) is 5.92 Å². The predicted molar refractivity (Wildman–Crippen MR) is 73.6 cm³/mol. The second-order valence-electron chi connectivity index (χ2n) is 5.10. The van der Waals surface area contributed by atoms with Crippen LogP contribution < -0.4 is 10.5 Å². The van der Waals surface area contributed by atoms with Gasteiger partial charge in [-0.15, -0.1) is 0 Å². The van der Waals surface area contributed by atoms with Gasteiger partial charge < -0.3 is 5.32 Å². The van der Waals surface area contributed by atoms with Crippen molar-refractivity contribution in [1.82, 2.24) is 5.32 Å². The third kappa shape index (κ3) is 5.16. The summed E-state index contributed by atoms with van der Waals surface area (Å²) in [6, 6.07) is 7.10. The highest BCUT2D eigenvalue weighted by Crippen LogP contribution is 2.09. The fraction of sp³-hybridized carbons (Fsp3) is 0.538. The molecule has 1 aromatic rings. The third-order valence-electron chi connectivity index (χ3n) is 2.73. The standard InChI is InChI=1S/C13H22N2O2S/c1-10(2)8-11(3)15-9-12-4-6-13(7-5-12)18(14,16)17/h4-7,10-11,15H,8-9H2,1-3H3,(H2,14,16,17). The van der Waals surface area contributed by atoms with Crippen LogP contribution in [-0.2, 0) is 16.6 Å². The normalized spacial score (nSPS) is 13.8. The number of sulfonamides is 1. The van der Waals surface area contributed by atoms with E-state index in [1.165, 1.54) is 0 Å². The van der Waals surface area contributed by atoms with Gasteiger partial charge in [0.1, 0.15) is 0 Å². The molecule has 0 amide bonds. The van der Waals surface area contributed by atoms with Gasteiger partial charge in [0.15, 0.2) is 0 Å². The zero-order valence-corrected chi connectivity index (χ0v) is 12.0. The second-order valence-corrected chi connectivity index (χ2v) is 6.66. The monoisotopic (exact) mass is 270 g/mol. The van der Waals surface area contributed by atoms with Crippen molar-refractivity contribution in [3.63, 3.8) is 0 Å². The summed E-state index contributed by atoms with van der Waals surface area (Å²) in [4.78, 5) is 0.154. The first-order valence-electron chi connectivity index (χ1n) is 6.14. The molecule has 0 saturated carbocycles. The molecular weight excluding hydrogens is 248 g/mol. The molecular formula is C13H22N2O2S. The molecule has 0 aliphatic heterocycles. The van der Waals surface area contributed by atoms with Crippen LogP contribution in [0.15, 0.2) is 29.2 Å². The van der Waals surface area contributed by atoms with Gasteiger partial charge in [0, 0.05) is 12.6 Å². The lowest BCUT2D eigenvalue weighted by Gasteiger charge is -2.15. The molecule has 0 bridgehead atoms. The summed E-state index contributed by atoms with van der Waals surface area (Å²) in [6.45, 7) is 7.27. The Labute approximate surface area is 110 Å². The first-order chi connectivity index (χ1) is 8.29. The molecule has 3 N–H and O–H groups in total. The maximum Gasteiger partial charge on any atom is 0.238 e. The molecule has 0 aliphatic rings. The Kier molecular flexibility index (Phi) is 5.31. The first kappa shape index (κ1) is 15.1. The molecule has 1 aromatic carbocycles. The maximum atomic E-state index is 11.1. The molecule has 0 spiro atoms. The highest BCUT2D eigenvalue weighted by molar-refractivity contribution is 7.89. The molecule has 0 saturated heterocycles. The Bertz CT molecular complexity index is 466. The van der Waals surface area contributed by atoms with E-state index in [-0.39, 0.29) is 4.90 Å². The Morgan fingerprint density at radius 3 is 2.17 bits per heavy atom. The summed E-state index contributed by atoms with van der Waals surface area (Å²) in [5.74, 6) is 0.664. The fourth-order valence-corrected chi connectivity index (χ4v) is 2.39. The van der Waals surface area contributed by atoms with Crippen molar-refractivity contribution in [1.29, 1.82) is 0 Å². The minimum absolute atomic E-state index is 0.154. The Hall–Kier alpha value is -0.910. The highest BCUT2D eigenvalue weighted by Gasteiger charge is 2.07. The lowest BCUT2D eigenvalue weighted by molar-refractivity contribution is 0.441. The highest BCUT2D eigenvalue weighted by atomic mass is 32.2. The minimum atomic E-state index is -3.59. The van der Waals surface area contributed by atoms with Crippen molar-refractivity contribution in [2.45, 2.75) is 44.7 Å². The topological polar surface area (TPSA) is 72.2 Å². The van der Waals surface area contributed by atoms with E-state index < -0.39 is 10.0 Å². The van der Waals surface area contributed by atoms with Gasteiger partial charge in [0.2, 0.25) is 10.0 Å². The van der Waals surface area contributed by atoms with Crippen LogP contribution >= 0.6 is 0 Å². The van der Waals surface area contributed by atoms with Gasteiger partial charge in [-0.3, -0.25) is 0 Å². The van der Waals surface area contributed by atoms with Gasteiger partial charge in [0.25, 0.3) is 0 Å². The Morgan fingerprint density at radius 1 is 1.17 bits per heavy atom.